The quantitative estimate of drug-likeness (QED) is 0.901. The van der Waals surface area contributed by atoms with E-state index in [4.69, 9.17) is 17.3 Å². The predicted molar refractivity (Wildman–Crippen MR) is 67.9 cm³/mol. The first kappa shape index (κ1) is 12.1. The lowest BCUT2D eigenvalue weighted by atomic mass is 10.2. The van der Waals surface area contributed by atoms with Crippen molar-refractivity contribution in [2.75, 3.05) is 0 Å². The molecule has 4 nitrogen and oxygen atoms in total. The maximum atomic E-state index is 6.08. The first-order valence-corrected chi connectivity index (χ1v) is 5.88. The van der Waals surface area contributed by atoms with Crippen LogP contribution in [0.4, 0.5) is 0 Å². The van der Waals surface area contributed by atoms with Crippen LogP contribution in [0.1, 0.15) is 18.3 Å². The van der Waals surface area contributed by atoms with Crippen LogP contribution in [-0.4, -0.2) is 20.6 Å². The SMILES string of the molecule is CC(N)Cc1nccn1Cc1ccncc1Cl. The highest BCUT2D eigenvalue weighted by molar-refractivity contribution is 6.31. The monoisotopic (exact) mass is 250 g/mol. The predicted octanol–water partition coefficient (Wildman–Crippen LogP) is 1.87. The number of nitrogens with two attached hydrogens (primary N) is 1. The van der Waals surface area contributed by atoms with E-state index in [0.717, 1.165) is 17.8 Å². The van der Waals surface area contributed by atoms with Crippen LogP contribution in [0.15, 0.2) is 30.9 Å². The Morgan fingerprint density at radius 2 is 2.29 bits per heavy atom. The zero-order valence-corrected chi connectivity index (χ0v) is 10.4. The minimum absolute atomic E-state index is 0.101. The second kappa shape index (κ2) is 5.29. The molecular formula is C12H15ClN4. The Balaban J connectivity index is 2.19. The van der Waals surface area contributed by atoms with Crippen LogP contribution in [0.5, 0.6) is 0 Å². The molecule has 0 fully saturated rings. The average Bonchev–Trinajstić information content (AvgIpc) is 2.68. The molecule has 5 heteroatoms. The van der Waals surface area contributed by atoms with Crippen molar-refractivity contribution in [3.8, 4) is 0 Å². The summed E-state index contributed by atoms with van der Waals surface area (Å²) in [6.45, 7) is 2.67. The first-order valence-electron chi connectivity index (χ1n) is 5.51. The minimum Gasteiger partial charge on any atom is -0.330 e. The highest BCUT2D eigenvalue weighted by Crippen LogP contribution is 2.15. The Bertz CT molecular complexity index is 493. The van der Waals surface area contributed by atoms with Crippen molar-refractivity contribution in [3.05, 3.63) is 47.3 Å². The summed E-state index contributed by atoms with van der Waals surface area (Å²) in [5, 5.41) is 0.674. The second-order valence-electron chi connectivity index (χ2n) is 4.12. The van der Waals surface area contributed by atoms with Crippen molar-refractivity contribution in [2.24, 2.45) is 5.73 Å². The van der Waals surface area contributed by atoms with Crippen molar-refractivity contribution in [1.82, 2.24) is 14.5 Å². The van der Waals surface area contributed by atoms with Gasteiger partial charge in [0.05, 0.1) is 11.6 Å². The molecule has 0 radical (unpaired) electrons. The van der Waals surface area contributed by atoms with Crippen molar-refractivity contribution in [1.29, 1.82) is 0 Å². The summed E-state index contributed by atoms with van der Waals surface area (Å²) in [6, 6.07) is 2.02. The summed E-state index contributed by atoms with van der Waals surface area (Å²) in [7, 11) is 0. The molecule has 0 amide bonds. The Kier molecular flexibility index (Phi) is 3.76. The number of rotatable bonds is 4. The molecule has 0 aromatic carbocycles. The molecule has 17 heavy (non-hydrogen) atoms. The van der Waals surface area contributed by atoms with E-state index in [0.29, 0.717) is 11.6 Å². The van der Waals surface area contributed by atoms with Gasteiger partial charge in [-0.15, -0.1) is 0 Å². The Hall–Kier alpha value is -1.39. The number of imidazole rings is 1. The lowest BCUT2D eigenvalue weighted by Crippen LogP contribution is -2.20. The van der Waals surface area contributed by atoms with Crippen LogP contribution >= 0.6 is 11.6 Å². The molecule has 90 valence electrons. The van der Waals surface area contributed by atoms with Gasteiger partial charge in [0, 0.05) is 37.3 Å². The van der Waals surface area contributed by atoms with Crippen molar-refractivity contribution >= 4 is 11.6 Å². The third-order valence-corrected chi connectivity index (χ3v) is 2.84. The fourth-order valence-electron chi connectivity index (χ4n) is 1.68. The molecule has 2 rings (SSSR count). The van der Waals surface area contributed by atoms with Gasteiger partial charge >= 0.3 is 0 Å². The number of hydrogen-bond donors (Lipinski definition) is 1. The third kappa shape index (κ3) is 3.05. The van der Waals surface area contributed by atoms with Gasteiger partial charge in [0.15, 0.2) is 0 Å². The van der Waals surface area contributed by atoms with Gasteiger partial charge in [-0.25, -0.2) is 4.98 Å². The highest BCUT2D eigenvalue weighted by atomic mass is 35.5. The van der Waals surface area contributed by atoms with E-state index in [1.165, 1.54) is 0 Å². The summed E-state index contributed by atoms with van der Waals surface area (Å²) < 4.78 is 2.06. The molecular weight excluding hydrogens is 236 g/mol. The number of aromatic nitrogens is 3. The molecule has 0 bridgehead atoms. The Morgan fingerprint density at radius 3 is 3.00 bits per heavy atom. The largest absolute Gasteiger partial charge is 0.330 e. The van der Waals surface area contributed by atoms with Crippen molar-refractivity contribution < 1.29 is 0 Å². The molecule has 2 aromatic rings. The second-order valence-corrected chi connectivity index (χ2v) is 4.53. The van der Waals surface area contributed by atoms with Gasteiger partial charge in [0.25, 0.3) is 0 Å². The summed E-state index contributed by atoms with van der Waals surface area (Å²) in [5.41, 5.74) is 6.82. The molecule has 0 saturated carbocycles. The van der Waals surface area contributed by atoms with Crippen LogP contribution in [0.3, 0.4) is 0 Å². The smallest absolute Gasteiger partial charge is 0.110 e. The molecule has 2 aromatic heterocycles. The number of nitrogens with zero attached hydrogens (tertiary/aromatic N) is 3. The van der Waals surface area contributed by atoms with E-state index in [2.05, 4.69) is 14.5 Å². The lowest BCUT2D eigenvalue weighted by Gasteiger charge is -2.10. The van der Waals surface area contributed by atoms with E-state index in [-0.39, 0.29) is 6.04 Å². The topological polar surface area (TPSA) is 56.7 Å². The van der Waals surface area contributed by atoms with Gasteiger partial charge in [0.2, 0.25) is 0 Å². The lowest BCUT2D eigenvalue weighted by molar-refractivity contribution is 0.648. The van der Waals surface area contributed by atoms with E-state index < -0.39 is 0 Å². The Labute approximate surface area is 105 Å². The minimum atomic E-state index is 0.101. The van der Waals surface area contributed by atoms with E-state index in [1.807, 2.05) is 19.2 Å². The summed E-state index contributed by atoms with van der Waals surface area (Å²) in [4.78, 5) is 8.27. The molecule has 0 spiro atoms. The molecule has 0 aliphatic heterocycles. The van der Waals surface area contributed by atoms with E-state index in [1.54, 1.807) is 18.6 Å². The molecule has 2 N–H and O–H groups in total. The van der Waals surface area contributed by atoms with E-state index in [9.17, 15) is 0 Å². The zero-order chi connectivity index (χ0) is 12.3. The van der Waals surface area contributed by atoms with Crippen LogP contribution in [0, 0.1) is 0 Å². The van der Waals surface area contributed by atoms with E-state index >= 15 is 0 Å². The highest BCUT2D eigenvalue weighted by Gasteiger charge is 2.07. The molecule has 0 aliphatic rings. The fourth-order valence-corrected chi connectivity index (χ4v) is 1.86. The number of halogens is 1. The first-order chi connectivity index (χ1) is 8.16. The third-order valence-electron chi connectivity index (χ3n) is 2.50. The standard InChI is InChI=1S/C12H15ClN4/c1-9(14)6-12-16-4-5-17(12)8-10-2-3-15-7-11(10)13/h2-5,7,9H,6,8,14H2,1H3. The summed E-state index contributed by atoms with van der Waals surface area (Å²) >= 11 is 6.08. The van der Waals surface area contributed by atoms with Crippen LogP contribution in [0.2, 0.25) is 5.02 Å². The van der Waals surface area contributed by atoms with Gasteiger partial charge in [-0.05, 0) is 18.6 Å². The maximum absolute atomic E-state index is 6.08. The normalized spacial score (nSPS) is 12.6. The molecule has 1 atom stereocenters. The van der Waals surface area contributed by atoms with Gasteiger partial charge in [-0.1, -0.05) is 11.6 Å². The molecule has 1 unspecified atom stereocenters. The molecule has 2 heterocycles. The zero-order valence-electron chi connectivity index (χ0n) is 9.68. The maximum Gasteiger partial charge on any atom is 0.110 e. The van der Waals surface area contributed by atoms with Gasteiger partial charge < -0.3 is 10.3 Å². The Morgan fingerprint density at radius 1 is 1.47 bits per heavy atom. The van der Waals surface area contributed by atoms with Crippen LogP contribution < -0.4 is 5.73 Å². The van der Waals surface area contributed by atoms with Gasteiger partial charge in [0.1, 0.15) is 5.82 Å². The summed E-state index contributed by atoms with van der Waals surface area (Å²) in [5.74, 6) is 0.980. The summed E-state index contributed by atoms with van der Waals surface area (Å²) in [6.07, 6.45) is 7.87. The van der Waals surface area contributed by atoms with Crippen molar-refractivity contribution in [3.63, 3.8) is 0 Å². The van der Waals surface area contributed by atoms with Crippen LogP contribution in [0.25, 0.3) is 0 Å². The molecule has 0 saturated heterocycles. The number of pyridine rings is 1. The van der Waals surface area contributed by atoms with Crippen LogP contribution in [-0.2, 0) is 13.0 Å². The van der Waals surface area contributed by atoms with Gasteiger partial charge in [-0.2, -0.15) is 0 Å². The van der Waals surface area contributed by atoms with Gasteiger partial charge in [-0.3, -0.25) is 4.98 Å². The van der Waals surface area contributed by atoms with Crippen molar-refractivity contribution in [2.45, 2.75) is 25.9 Å². The average molecular weight is 251 g/mol. The fraction of sp³-hybridized carbons (Fsp3) is 0.333. The molecule has 0 aliphatic carbocycles. The number of hydrogen-bond acceptors (Lipinski definition) is 3.